The summed E-state index contributed by atoms with van der Waals surface area (Å²) >= 11 is 0. The molecule has 6 nitrogen and oxygen atoms in total. The van der Waals surface area contributed by atoms with Gasteiger partial charge in [-0.25, -0.2) is 4.39 Å². The van der Waals surface area contributed by atoms with Crippen molar-refractivity contribution in [3.8, 4) is 0 Å². The fourth-order valence-corrected chi connectivity index (χ4v) is 4.83. The Morgan fingerprint density at radius 2 is 1.97 bits per heavy atom. The van der Waals surface area contributed by atoms with Crippen molar-refractivity contribution in [3.05, 3.63) is 35.6 Å². The minimum atomic E-state index is -0.752. The van der Waals surface area contributed by atoms with E-state index in [0.717, 1.165) is 43.8 Å². The molecule has 162 valence electrons. The molecule has 29 heavy (non-hydrogen) atoms. The molecule has 1 saturated carbocycles. The summed E-state index contributed by atoms with van der Waals surface area (Å²) in [6.07, 6.45) is 4.29. The number of nitrogens with one attached hydrogen (secondary N) is 3. The fraction of sp³-hybridized carbons (Fsp3) is 0.619. The predicted molar refractivity (Wildman–Crippen MR) is 117 cm³/mol. The molecule has 8 heteroatoms. The number of aliphatic imine (C=N–C) groups is 1. The van der Waals surface area contributed by atoms with Gasteiger partial charge in [-0.05, 0) is 43.9 Å². The van der Waals surface area contributed by atoms with Crippen molar-refractivity contribution in [1.82, 2.24) is 16.0 Å². The van der Waals surface area contributed by atoms with Gasteiger partial charge < -0.3 is 16.0 Å². The highest BCUT2D eigenvalue weighted by Crippen LogP contribution is 2.22. The summed E-state index contributed by atoms with van der Waals surface area (Å²) in [4.78, 5) is 16.5. The second-order valence-electron chi connectivity index (χ2n) is 7.21. The number of carbonyl (C=O) groups is 1. The van der Waals surface area contributed by atoms with Crippen molar-refractivity contribution in [2.75, 3.05) is 25.4 Å². The standard InChI is InChI=1S/C21H33FN4O2S/c1-3-23-21(26-18-6-5-7-19(15-18)29(28)4-2)25-13-12-24-20(27)14-16-8-10-17(22)11-9-16/h8-11,18-19H,3-7,12-15H2,1-2H3,(H,24,27)(H2,23,25,26). The fourth-order valence-electron chi connectivity index (χ4n) is 3.48. The molecule has 1 aliphatic rings. The van der Waals surface area contributed by atoms with Gasteiger partial charge in [0, 0.05) is 40.9 Å². The molecule has 3 unspecified atom stereocenters. The smallest absolute Gasteiger partial charge is 0.224 e. The van der Waals surface area contributed by atoms with Crippen LogP contribution in [-0.4, -0.2) is 52.8 Å². The Balaban J connectivity index is 1.77. The molecule has 1 aromatic carbocycles. The molecule has 1 amide bonds. The predicted octanol–water partition coefficient (Wildman–Crippen LogP) is 2.12. The summed E-state index contributed by atoms with van der Waals surface area (Å²) in [6, 6.07) is 6.21. The zero-order chi connectivity index (χ0) is 21.1. The summed E-state index contributed by atoms with van der Waals surface area (Å²) < 4.78 is 25.0. The van der Waals surface area contributed by atoms with Crippen molar-refractivity contribution in [3.63, 3.8) is 0 Å². The van der Waals surface area contributed by atoms with Crippen LogP contribution in [0.3, 0.4) is 0 Å². The molecule has 3 N–H and O–H groups in total. The van der Waals surface area contributed by atoms with Gasteiger partial charge in [-0.15, -0.1) is 0 Å². The number of guanidine groups is 1. The van der Waals surface area contributed by atoms with Crippen molar-refractivity contribution < 1.29 is 13.4 Å². The highest BCUT2D eigenvalue weighted by molar-refractivity contribution is 7.85. The molecule has 0 aromatic heterocycles. The first-order chi connectivity index (χ1) is 14.0. The third-order valence-electron chi connectivity index (χ3n) is 4.95. The summed E-state index contributed by atoms with van der Waals surface area (Å²) in [5, 5.41) is 9.80. The maximum Gasteiger partial charge on any atom is 0.224 e. The van der Waals surface area contributed by atoms with Gasteiger partial charge in [-0.3, -0.25) is 14.0 Å². The van der Waals surface area contributed by atoms with Gasteiger partial charge >= 0.3 is 0 Å². The van der Waals surface area contributed by atoms with E-state index in [1.807, 2.05) is 13.8 Å². The molecule has 1 fully saturated rings. The lowest BCUT2D eigenvalue weighted by Crippen LogP contribution is -2.47. The Morgan fingerprint density at radius 1 is 1.21 bits per heavy atom. The number of hydrogen-bond donors (Lipinski definition) is 3. The first-order valence-electron chi connectivity index (χ1n) is 10.4. The summed E-state index contributed by atoms with van der Waals surface area (Å²) in [7, 11) is -0.752. The Bertz CT molecular complexity index is 696. The van der Waals surface area contributed by atoms with E-state index < -0.39 is 10.8 Å². The van der Waals surface area contributed by atoms with E-state index in [-0.39, 0.29) is 29.4 Å². The van der Waals surface area contributed by atoms with Crippen molar-refractivity contribution in [2.45, 2.75) is 57.2 Å². The monoisotopic (exact) mass is 424 g/mol. The normalized spacial score (nSPS) is 20.7. The number of nitrogens with zero attached hydrogens (tertiary/aromatic N) is 1. The van der Waals surface area contributed by atoms with Crippen LogP contribution in [0.5, 0.6) is 0 Å². The Hall–Kier alpha value is -1.96. The second kappa shape index (κ2) is 12.6. The number of benzene rings is 1. The quantitative estimate of drug-likeness (QED) is 0.322. The van der Waals surface area contributed by atoms with E-state index in [4.69, 9.17) is 0 Å². The van der Waals surface area contributed by atoms with Crippen LogP contribution in [0.1, 0.15) is 45.1 Å². The number of amides is 1. The Kier molecular flexibility index (Phi) is 10.1. The van der Waals surface area contributed by atoms with Gasteiger partial charge in [0.15, 0.2) is 5.96 Å². The Labute approximate surface area is 175 Å². The van der Waals surface area contributed by atoms with Gasteiger partial charge in [-0.2, -0.15) is 0 Å². The maximum atomic E-state index is 12.9. The number of halogens is 1. The van der Waals surface area contributed by atoms with Crippen LogP contribution < -0.4 is 16.0 Å². The van der Waals surface area contributed by atoms with Crippen LogP contribution in [0.2, 0.25) is 0 Å². The van der Waals surface area contributed by atoms with Crippen LogP contribution in [0.4, 0.5) is 4.39 Å². The molecule has 0 saturated heterocycles. The highest BCUT2D eigenvalue weighted by Gasteiger charge is 2.25. The Morgan fingerprint density at radius 3 is 2.66 bits per heavy atom. The van der Waals surface area contributed by atoms with E-state index in [1.165, 1.54) is 12.1 Å². The number of rotatable bonds is 9. The molecule has 0 bridgehead atoms. The SMILES string of the molecule is CCNC(=NCCNC(=O)Cc1ccc(F)cc1)NC1CCCC(S(=O)CC)C1. The van der Waals surface area contributed by atoms with Gasteiger partial charge in [-0.1, -0.05) is 25.5 Å². The zero-order valence-corrected chi connectivity index (χ0v) is 18.2. The minimum Gasteiger partial charge on any atom is -0.357 e. The van der Waals surface area contributed by atoms with Gasteiger partial charge in [0.25, 0.3) is 0 Å². The minimum absolute atomic E-state index is 0.109. The molecule has 0 aliphatic heterocycles. The third-order valence-corrected chi connectivity index (χ3v) is 6.69. The molecular weight excluding hydrogens is 391 g/mol. The average molecular weight is 425 g/mol. The topological polar surface area (TPSA) is 82.6 Å². The van der Waals surface area contributed by atoms with Crippen molar-refractivity contribution in [2.24, 2.45) is 4.99 Å². The maximum absolute atomic E-state index is 12.9. The summed E-state index contributed by atoms with van der Waals surface area (Å²) in [5.74, 6) is 1.02. The average Bonchev–Trinajstić information content (AvgIpc) is 2.72. The zero-order valence-electron chi connectivity index (χ0n) is 17.4. The van der Waals surface area contributed by atoms with Gasteiger partial charge in [0.2, 0.25) is 5.91 Å². The highest BCUT2D eigenvalue weighted by atomic mass is 32.2. The first kappa shape index (κ1) is 23.3. The lowest BCUT2D eigenvalue weighted by molar-refractivity contribution is -0.120. The number of carbonyl (C=O) groups excluding carboxylic acids is 1. The van der Waals surface area contributed by atoms with Gasteiger partial charge in [0.1, 0.15) is 5.82 Å². The van der Waals surface area contributed by atoms with Crippen LogP contribution in [0, 0.1) is 5.82 Å². The van der Waals surface area contributed by atoms with Crippen LogP contribution in [0.15, 0.2) is 29.3 Å². The van der Waals surface area contributed by atoms with E-state index in [2.05, 4.69) is 20.9 Å². The van der Waals surface area contributed by atoms with Gasteiger partial charge in [0.05, 0.1) is 13.0 Å². The largest absolute Gasteiger partial charge is 0.357 e. The third kappa shape index (κ3) is 8.51. The molecule has 3 atom stereocenters. The van der Waals surface area contributed by atoms with E-state index in [1.54, 1.807) is 12.1 Å². The lowest BCUT2D eigenvalue weighted by Gasteiger charge is -2.30. The summed E-state index contributed by atoms with van der Waals surface area (Å²) in [5.41, 5.74) is 0.777. The second-order valence-corrected chi connectivity index (χ2v) is 9.22. The van der Waals surface area contributed by atoms with E-state index >= 15 is 0 Å². The molecular formula is C21H33FN4O2S. The van der Waals surface area contributed by atoms with Crippen LogP contribution >= 0.6 is 0 Å². The van der Waals surface area contributed by atoms with E-state index in [0.29, 0.717) is 18.8 Å². The van der Waals surface area contributed by atoms with Crippen molar-refractivity contribution in [1.29, 1.82) is 0 Å². The molecule has 0 spiro atoms. The molecule has 2 rings (SSSR count). The van der Waals surface area contributed by atoms with Crippen LogP contribution in [0.25, 0.3) is 0 Å². The molecule has 1 aliphatic carbocycles. The number of hydrogen-bond acceptors (Lipinski definition) is 3. The molecule has 0 radical (unpaired) electrons. The summed E-state index contributed by atoms with van der Waals surface area (Å²) in [6.45, 7) is 5.63. The van der Waals surface area contributed by atoms with Crippen molar-refractivity contribution >= 4 is 22.7 Å². The molecule has 1 aromatic rings. The molecule has 0 heterocycles. The lowest BCUT2D eigenvalue weighted by atomic mass is 9.95. The first-order valence-corrected chi connectivity index (χ1v) is 11.8. The van der Waals surface area contributed by atoms with E-state index in [9.17, 15) is 13.4 Å². The van der Waals surface area contributed by atoms with Crippen LogP contribution in [-0.2, 0) is 22.0 Å².